The molecule has 0 aliphatic rings. The molecule has 0 saturated heterocycles. The molecule has 0 heterocycles. The van der Waals surface area contributed by atoms with Crippen molar-refractivity contribution in [3.63, 3.8) is 0 Å². The van der Waals surface area contributed by atoms with Crippen LogP contribution < -0.4 is 4.74 Å². The quantitative estimate of drug-likeness (QED) is 0.151. The van der Waals surface area contributed by atoms with Crippen molar-refractivity contribution < 1.29 is 4.74 Å². The number of hydrogen-bond acceptors (Lipinski definition) is 2. The monoisotopic (exact) mass is 502 g/mol. The molecule has 0 amide bonds. The van der Waals surface area contributed by atoms with Crippen LogP contribution in [0.2, 0.25) is 0 Å². The molecular formula is C34H46OS. The molecule has 2 heteroatoms. The lowest BCUT2D eigenvalue weighted by atomic mass is 10.0. The summed E-state index contributed by atoms with van der Waals surface area (Å²) in [6.07, 6.45) is 19.4. The Morgan fingerprint density at radius 1 is 0.472 bits per heavy atom. The van der Waals surface area contributed by atoms with E-state index in [1.165, 1.54) is 104 Å². The molecule has 3 aromatic rings. The summed E-state index contributed by atoms with van der Waals surface area (Å²) in [5.74, 6) is 0.977. The summed E-state index contributed by atoms with van der Waals surface area (Å²) in [5.41, 5.74) is 2.47. The van der Waals surface area contributed by atoms with Crippen LogP contribution in [-0.2, 0) is 0 Å². The number of ether oxygens (including phenoxy) is 1. The van der Waals surface area contributed by atoms with Crippen molar-refractivity contribution in [3.05, 3.63) is 78.9 Å². The van der Waals surface area contributed by atoms with Gasteiger partial charge in [-0.25, -0.2) is 0 Å². The Hall–Kier alpha value is -2.19. The number of unbranched alkanes of at least 4 members (excludes halogenated alkanes) is 13. The van der Waals surface area contributed by atoms with Gasteiger partial charge in [0.05, 0.1) is 6.61 Å². The second-order valence-electron chi connectivity index (χ2n) is 9.91. The van der Waals surface area contributed by atoms with Crippen molar-refractivity contribution in [2.45, 2.75) is 107 Å². The lowest BCUT2D eigenvalue weighted by Crippen LogP contribution is -1.97. The zero-order valence-corrected chi connectivity index (χ0v) is 23.2. The fraction of sp³-hybridized carbons (Fsp3) is 0.471. The predicted octanol–water partition coefficient (Wildman–Crippen LogP) is 11.4. The third-order valence-electron chi connectivity index (χ3n) is 6.79. The minimum atomic E-state index is 0.822. The molecule has 0 aliphatic carbocycles. The maximum Gasteiger partial charge on any atom is 0.119 e. The molecule has 0 spiro atoms. The Balaban J connectivity index is 1.21. The third kappa shape index (κ3) is 11.7. The van der Waals surface area contributed by atoms with Crippen LogP contribution in [0.5, 0.6) is 5.75 Å². The van der Waals surface area contributed by atoms with Gasteiger partial charge in [0.15, 0.2) is 0 Å². The second kappa shape index (κ2) is 18.1. The highest BCUT2D eigenvalue weighted by Gasteiger charge is 2.02. The Morgan fingerprint density at radius 2 is 0.917 bits per heavy atom. The van der Waals surface area contributed by atoms with Gasteiger partial charge in [-0.3, -0.25) is 0 Å². The summed E-state index contributed by atoms with van der Waals surface area (Å²) >= 11 is 1.80. The van der Waals surface area contributed by atoms with Crippen LogP contribution in [-0.4, -0.2) is 6.61 Å². The van der Waals surface area contributed by atoms with Gasteiger partial charge in [-0.05, 0) is 53.9 Å². The van der Waals surface area contributed by atoms with Crippen molar-refractivity contribution >= 4 is 11.8 Å². The molecule has 0 N–H and O–H groups in total. The van der Waals surface area contributed by atoms with Crippen LogP contribution >= 0.6 is 11.8 Å². The van der Waals surface area contributed by atoms with Crippen LogP contribution in [0.4, 0.5) is 0 Å². The van der Waals surface area contributed by atoms with Crippen LogP contribution in [0, 0.1) is 0 Å². The summed E-state index contributed by atoms with van der Waals surface area (Å²) in [7, 11) is 0. The Morgan fingerprint density at radius 3 is 1.44 bits per heavy atom. The predicted molar refractivity (Wildman–Crippen MR) is 158 cm³/mol. The third-order valence-corrected chi connectivity index (χ3v) is 7.80. The Kier molecular flexibility index (Phi) is 14.3. The molecule has 0 unspecified atom stereocenters. The molecule has 3 aromatic carbocycles. The van der Waals surface area contributed by atoms with E-state index in [1.54, 1.807) is 11.8 Å². The summed E-state index contributed by atoms with van der Waals surface area (Å²) in [5, 5.41) is 0. The smallest absolute Gasteiger partial charge is 0.119 e. The minimum Gasteiger partial charge on any atom is -0.494 e. The number of hydrogen-bond donors (Lipinski definition) is 0. The average molecular weight is 503 g/mol. The SMILES string of the molecule is CCCCCCCCCCCCCCCCOc1ccc(-c2ccc(Sc3ccccc3)cc2)cc1. The van der Waals surface area contributed by atoms with Gasteiger partial charge in [0.1, 0.15) is 5.75 Å². The molecule has 0 saturated carbocycles. The van der Waals surface area contributed by atoms with Crippen molar-refractivity contribution in [1.29, 1.82) is 0 Å². The average Bonchev–Trinajstić information content (AvgIpc) is 2.92. The zero-order chi connectivity index (χ0) is 25.1. The van der Waals surface area contributed by atoms with Crippen molar-refractivity contribution in [1.82, 2.24) is 0 Å². The highest BCUT2D eigenvalue weighted by Crippen LogP contribution is 2.30. The van der Waals surface area contributed by atoms with Crippen molar-refractivity contribution in [2.24, 2.45) is 0 Å². The van der Waals surface area contributed by atoms with Crippen LogP contribution in [0.15, 0.2) is 88.7 Å². The maximum atomic E-state index is 5.99. The van der Waals surface area contributed by atoms with E-state index in [9.17, 15) is 0 Å². The normalized spacial score (nSPS) is 11.0. The molecule has 0 atom stereocenters. The van der Waals surface area contributed by atoms with Gasteiger partial charge >= 0.3 is 0 Å². The van der Waals surface area contributed by atoms with E-state index in [0.717, 1.165) is 18.8 Å². The fourth-order valence-corrected chi connectivity index (χ4v) is 5.41. The topological polar surface area (TPSA) is 9.23 Å². The van der Waals surface area contributed by atoms with Gasteiger partial charge in [0.25, 0.3) is 0 Å². The second-order valence-corrected chi connectivity index (χ2v) is 11.1. The Labute approximate surface area is 225 Å². The minimum absolute atomic E-state index is 0.822. The van der Waals surface area contributed by atoms with Gasteiger partial charge in [0, 0.05) is 9.79 Å². The summed E-state index contributed by atoms with van der Waals surface area (Å²) in [6.45, 7) is 3.11. The Bertz CT molecular complexity index is 918. The fourth-order valence-electron chi connectivity index (χ4n) is 4.57. The molecule has 0 aliphatic heterocycles. The first-order valence-electron chi connectivity index (χ1n) is 14.4. The van der Waals surface area contributed by atoms with E-state index in [-0.39, 0.29) is 0 Å². The molecule has 36 heavy (non-hydrogen) atoms. The molecule has 0 fully saturated rings. The summed E-state index contributed by atoms with van der Waals surface area (Å²) < 4.78 is 5.99. The molecule has 0 aromatic heterocycles. The molecular weight excluding hydrogens is 456 g/mol. The van der Waals surface area contributed by atoms with Crippen LogP contribution in [0.3, 0.4) is 0 Å². The zero-order valence-electron chi connectivity index (χ0n) is 22.4. The van der Waals surface area contributed by atoms with Gasteiger partial charge in [-0.2, -0.15) is 0 Å². The largest absolute Gasteiger partial charge is 0.494 e. The van der Waals surface area contributed by atoms with Gasteiger partial charge in [-0.15, -0.1) is 0 Å². The van der Waals surface area contributed by atoms with Crippen LogP contribution in [0.1, 0.15) is 96.8 Å². The van der Waals surface area contributed by atoms with Gasteiger partial charge < -0.3 is 4.74 Å². The highest BCUT2D eigenvalue weighted by atomic mass is 32.2. The summed E-state index contributed by atoms with van der Waals surface area (Å²) in [4.78, 5) is 2.53. The molecule has 3 rings (SSSR count). The maximum absolute atomic E-state index is 5.99. The van der Waals surface area contributed by atoms with E-state index in [4.69, 9.17) is 4.74 Å². The van der Waals surface area contributed by atoms with Crippen LogP contribution in [0.25, 0.3) is 11.1 Å². The van der Waals surface area contributed by atoms with E-state index in [1.807, 2.05) is 0 Å². The first-order valence-corrected chi connectivity index (χ1v) is 15.2. The van der Waals surface area contributed by atoms with E-state index < -0.39 is 0 Å². The highest BCUT2D eigenvalue weighted by molar-refractivity contribution is 7.99. The van der Waals surface area contributed by atoms with E-state index >= 15 is 0 Å². The van der Waals surface area contributed by atoms with Crippen molar-refractivity contribution in [2.75, 3.05) is 6.61 Å². The van der Waals surface area contributed by atoms with Crippen molar-refractivity contribution in [3.8, 4) is 16.9 Å². The van der Waals surface area contributed by atoms with Gasteiger partial charge in [-0.1, -0.05) is 145 Å². The van der Waals surface area contributed by atoms with E-state index in [0.29, 0.717) is 0 Å². The van der Waals surface area contributed by atoms with E-state index in [2.05, 4.69) is 85.8 Å². The van der Waals surface area contributed by atoms with Gasteiger partial charge in [0.2, 0.25) is 0 Å². The standard InChI is InChI=1S/C34H46OS/c1-2-3-4-5-6-7-8-9-10-11-12-13-14-18-29-35-32-25-21-30(22-26-32)31-23-27-34(28-24-31)36-33-19-16-15-17-20-33/h15-17,19-28H,2-14,18,29H2,1H3. The molecule has 194 valence electrons. The first-order chi connectivity index (χ1) is 17.8. The molecule has 0 bridgehead atoms. The number of rotatable bonds is 19. The molecule has 0 radical (unpaired) electrons. The lowest BCUT2D eigenvalue weighted by molar-refractivity contribution is 0.304. The number of benzene rings is 3. The molecule has 1 nitrogen and oxygen atoms in total. The first kappa shape index (κ1) is 28.4. The lowest BCUT2D eigenvalue weighted by Gasteiger charge is -2.08. The summed E-state index contributed by atoms with van der Waals surface area (Å²) in [6, 6.07) is 27.9.